The van der Waals surface area contributed by atoms with Gasteiger partial charge < -0.3 is 5.32 Å². The minimum absolute atomic E-state index is 0.220. The predicted octanol–water partition coefficient (Wildman–Crippen LogP) is 2.30. The summed E-state index contributed by atoms with van der Waals surface area (Å²) in [5, 5.41) is 14.4. The van der Waals surface area contributed by atoms with Gasteiger partial charge in [-0.1, -0.05) is 0 Å². The number of nitrogens with one attached hydrogen (secondary N) is 1. The second-order valence-electron chi connectivity index (χ2n) is 5.39. The van der Waals surface area contributed by atoms with Crippen LogP contribution in [0.5, 0.6) is 0 Å². The predicted molar refractivity (Wildman–Crippen MR) is 85.4 cm³/mol. The van der Waals surface area contributed by atoms with E-state index in [1.54, 1.807) is 17.1 Å². The van der Waals surface area contributed by atoms with Gasteiger partial charge in [-0.2, -0.15) is 28.8 Å². The van der Waals surface area contributed by atoms with Crippen LogP contribution in [0.3, 0.4) is 0 Å². The maximum absolute atomic E-state index is 12.8. The molecule has 0 aliphatic carbocycles. The molecule has 0 aliphatic heterocycles. The summed E-state index contributed by atoms with van der Waals surface area (Å²) in [6, 6.07) is 1.23. The Balaban J connectivity index is 1.70. The number of halogens is 2. The van der Waals surface area contributed by atoms with Gasteiger partial charge in [0.2, 0.25) is 0 Å². The first kappa shape index (κ1) is 16.8. The molecule has 132 valence electrons. The number of carbonyl (C=O) groups excluding carboxylic acids is 1. The molecule has 25 heavy (non-hydrogen) atoms. The molecule has 10 heteroatoms. The molecule has 3 aromatic rings. The van der Waals surface area contributed by atoms with Gasteiger partial charge in [-0.3, -0.25) is 14.2 Å². The fourth-order valence-electron chi connectivity index (χ4n) is 2.49. The third-order valence-corrected chi connectivity index (χ3v) is 3.82. The highest BCUT2D eigenvalue weighted by Gasteiger charge is 2.18. The maximum atomic E-state index is 12.8. The van der Waals surface area contributed by atoms with Crippen molar-refractivity contribution in [2.75, 3.05) is 5.32 Å². The minimum atomic E-state index is -2.88. The first-order valence-electron chi connectivity index (χ1n) is 7.66. The number of carbonyl (C=O) groups is 1. The number of aryl methyl sites for hydroxylation is 1. The van der Waals surface area contributed by atoms with Crippen LogP contribution < -0.4 is 5.32 Å². The summed E-state index contributed by atoms with van der Waals surface area (Å²) in [5.74, 6) is -0.674. The monoisotopic (exact) mass is 349 g/mol. The molecule has 0 aliphatic rings. The Labute approximate surface area is 142 Å². The van der Waals surface area contributed by atoms with E-state index in [1.165, 1.54) is 12.3 Å². The van der Waals surface area contributed by atoms with E-state index in [2.05, 4.69) is 20.6 Å². The van der Waals surface area contributed by atoms with Crippen LogP contribution in [0.25, 0.3) is 0 Å². The lowest BCUT2D eigenvalue weighted by atomic mass is 10.2. The second-order valence-corrected chi connectivity index (χ2v) is 5.39. The van der Waals surface area contributed by atoms with Crippen molar-refractivity contribution < 1.29 is 13.6 Å². The van der Waals surface area contributed by atoms with E-state index < -0.39 is 12.5 Å². The Kier molecular flexibility index (Phi) is 4.59. The number of hydrogen-bond acceptors (Lipinski definition) is 4. The highest BCUT2D eigenvalue weighted by atomic mass is 19.3. The summed E-state index contributed by atoms with van der Waals surface area (Å²) < 4.78 is 29.4. The van der Waals surface area contributed by atoms with Crippen LogP contribution in [0.2, 0.25) is 0 Å². The minimum Gasteiger partial charge on any atom is -0.318 e. The third-order valence-electron chi connectivity index (χ3n) is 3.82. The van der Waals surface area contributed by atoms with Crippen LogP contribution in [0.15, 0.2) is 30.9 Å². The largest absolute Gasteiger partial charge is 0.333 e. The van der Waals surface area contributed by atoms with Gasteiger partial charge in [0.15, 0.2) is 0 Å². The first-order valence-corrected chi connectivity index (χ1v) is 7.66. The normalized spacial score (nSPS) is 11.2. The number of alkyl halides is 2. The van der Waals surface area contributed by atoms with Gasteiger partial charge >= 0.3 is 6.55 Å². The molecular formula is C15H17F2N7O. The molecule has 0 saturated carbocycles. The van der Waals surface area contributed by atoms with E-state index in [4.69, 9.17) is 0 Å². The Morgan fingerprint density at radius 3 is 2.76 bits per heavy atom. The van der Waals surface area contributed by atoms with E-state index in [9.17, 15) is 13.6 Å². The summed E-state index contributed by atoms with van der Waals surface area (Å²) in [6.45, 7) is 2.39. The van der Waals surface area contributed by atoms with Crippen LogP contribution in [-0.4, -0.2) is 35.2 Å². The molecular weight excluding hydrogens is 332 g/mol. The molecule has 0 radical (unpaired) electrons. The van der Waals surface area contributed by atoms with Crippen molar-refractivity contribution in [2.24, 2.45) is 0 Å². The van der Waals surface area contributed by atoms with Gasteiger partial charge in [0, 0.05) is 30.2 Å². The fourth-order valence-corrected chi connectivity index (χ4v) is 2.49. The average Bonchev–Trinajstić information content (AvgIpc) is 3.29. The van der Waals surface area contributed by atoms with E-state index in [-0.39, 0.29) is 5.69 Å². The second kappa shape index (κ2) is 6.83. The smallest absolute Gasteiger partial charge is 0.318 e. The lowest BCUT2D eigenvalue weighted by Gasteiger charge is -2.05. The van der Waals surface area contributed by atoms with Gasteiger partial charge in [0.05, 0.1) is 24.6 Å². The van der Waals surface area contributed by atoms with E-state index in [0.717, 1.165) is 24.0 Å². The van der Waals surface area contributed by atoms with Crippen molar-refractivity contribution >= 4 is 11.6 Å². The van der Waals surface area contributed by atoms with Crippen molar-refractivity contribution in [3.8, 4) is 0 Å². The Morgan fingerprint density at radius 1 is 1.28 bits per heavy atom. The Bertz CT molecular complexity index is 880. The van der Waals surface area contributed by atoms with E-state index in [0.29, 0.717) is 16.9 Å². The summed E-state index contributed by atoms with van der Waals surface area (Å²) in [5.41, 5.74) is 2.25. The number of aromatic nitrogens is 6. The SMILES string of the molecule is CCn1ncc(Cn2cc(NC(=O)c3ccnn3C(F)F)cn2)c1C. The molecule has 3 rings (SSSR count). The molecule has 0 fully saturated rings. The van der Waals surface area contributed by atoms with Gasteiger partial charge in [-0.15, -0.1) is 0 Å². The third kappa shape index (κ3) is 3.42. The fraction of sp³-hybridized carbons (Fsp3) is 0.333. The van der Waals surface area contributed by atoms with E-state index in [1.807, 2.05) is 18.5 Å². The summed E-state index contributed by atoms with van der Waals surface area (Å²) in [4.78, 5) is 12.1. The summed E-state index contributed by atoms with van der Waals surface area (Å²) in [6.07, 6.45) is 6.02. The van der Waals surface area contributed by atoms with Crippen LogP contribution in [0, 0.1) is 6.92 Å². The summed E-state index contributed by atoms with van der Waals surface area (Å²) in [7, 11) is 0. The molecule has 0 saturated heterocycles. The number of rotatable bonds is 6. The van der Waals surface area contributed by atoms with Gasteiger partial charge in [-0.25, -0.2) is 0 Å². The Morgan fingerprint density at radius 2 is 2.08 bits per heavy atom. The van der Waals surface area contributed by atoms with Gasteiger partial charge in [0.1, 0.15) is 5.69 Å². The summed E-state index contributed by atoms with van der Waals surface area (Å²) >= 11 is 0. The van der Waals surface area contributed by atoms with Crippen molar-refractivity contribution in [3.63, 3.8) is 0 Å². The highest BCUT2D eigenvalue weighted by Crippen LogP contribution is 2.15. The lowest BCUT2D eigenvalue weighted by Crippen LogP contribution is -2.18. The molecule has 0 spiro atoms. The van der Waals surface area contributed by atoms with Crippen LogP contribution in [0.4, 0.5) is 14.5 Å². The molecule has 1 amide bonds. The molecule has 1 N–H and O–H groups in total. The number of nitrogens with zero attached hydrogens (tertiary/aromatic N) is 6. The topological polar surface area (TPSA) is 82.6 Å². The number of amides is 1. The van der Waals surface area contributed by atoms with Crippen LogP contribution in [-0.2, 0) is 13.1 Å². The van der Waals surface area contributed by atoms with Crippen molar-refractivity contribution in [2.45, 2.75) is 33.5 Å². The average molecular weight is 349 g/mol. The molecule has 8 nitrogen and oxygen atoms in total. The standard InChI is InChI=1S/C15H17F2N7O/c1-3-23-10(2)11(6-20-23)8-22-9-12(7-19-22)21-14(25)13-4-5-18-24(13)15(16)17/h4-7,9,15H,3,8H2,1-2H3,(H,21,25). The van der Waals surface area contributed by atoms with Crippen LogP contribution in [0.1, 0.15) is 35.2 Å². The molecule has 0 aromatic carbocycles. The molecule has 0 atom stereocenters. The molecule has 0 unspecified atom stereocenters. The van der Waals surface area contributed by atoms with Crippen molar-refractivity contribution in [1.29, 1.82) is 0 Å². The maximum Gasteiger partial charge on any atom is 0.333 e. The van der Waals surface area contributed by atoms with Crippen molar-refractivity contribution in [1.82, 2.24) is 29.3 Å². The first-order chi connectivity index (χ1) is 12.0. The molecule has 3 aromatic heterocycles. The number of anilines is 1. The lowest BCUT2D eigenvalue weighted by molar-refractivity contribution is 0.0520. The zero-order chi connectivity index (χ0) is 18.0. The van der Waals surface area contributed by atoms with Gasteiger partial charge in [-0.05, 0) is 19.9 Å². The van der Waals surface area contributed by atoms with Crippen LogP contribution >= 0.6 is 0 Å². The Hall–Kier alpha value is -3.04. The zero-order valence-electron chi connectivity index (χ0n) is 13.7. The number of hydrogen-bond donors (Lipinski definition) is 1. The zero-order valence-corrected chi connectivity index (χ0v) is 13.7. The van der Waals surface area contributed by atoms with Gasteiger partial charge in [0.25, 0.3) is 5.91 Å². The molecule has 3 heterocycles. The van der Waals surface area contributed by atoms with E-state index >= 15 is 0 Å². The van der Waals surface area contributed by atoms with Crippen molar-refractivity contribution in [3.05, 3.63) is 47.8 Å². The highest BCUT2D eigenvalue weighted by molar-refractivity contribution is 6.02. The quantitative estimate of drug-likeness (QED) is 0.740. The molecule has 0 bridgehead atoms.